The van der Waals surface area contributed by atoms with Crippen molar-refractivity contribution in [1.82, 2.24) is 0 Å². The van der Waals surface area contributed by atoms with Gasteiger partial charge in [0.05, 0.1) is 11.7 Å². The van der Waals surface area contributed by atoms with Gasteiger partial charge in [0.15, 0.2) is 0 Å². The molecule has 0 fully saturated rings. The third-order valence-electron chi connectivity index (χ3n) is 3.00. The van der Waals surface area contributed by atoms with Crippen LogP contribution >= 0.6 is 34.8 Å². The number of anilines is 1. The molecule has 0 aliphatic heterocycles. The van der Waals surface area contributed by atoms with Gasteiger partial charge in [-0.05, 0) is 42.3 Å². The largest absolute Gasteiger partial charge is 0.376 e. The van der Waals surface area contributed by atoms with E-state index in [2.05, 4.69) is 5.32 Å². The predicted molar refractivity (Wildman–Crippen MR) is 84.5 cm³/mol. The van der Waals surface area contributed by atoms with Crippen LogP contribution in [0.25, 0.3) is 0 Å². The summed E-state index contributed by atoms with van der Waals surface area (Å²) in [5.74, 6) is -0.349. The number of benzene rings is 2. The highest BCUT2D eigenvalue weighted by Gasteiger charge is 2.15. The molecule has 5 heteroatoms. The van der Waals surface area contributed by atoms with Crippen LogP contribution in [0.3, 0.4) is 0 Å². The van der Waals surface area contributed by atoms with Gasteiger partial charge in [-0.25, -0.2) is 4.39 Å². The minimum absolute atomic E-state index is 0.118. The van der Waals surface area contributed by atoms with Gasteiger partial charge in [0.2, 0.25) is 0 Å². The van der Waals surface area contributed by atoms with E-state index in [0.717, 1.165) is 12.0 Å². The fourth-order valence-electron chi connectivity index (χ4n) is 1.98. The summed E-state index contributed by atoms with van der Waals surface area (Å²) < 4.78 is 13.8. The normalized spacial score (nSPS) is 12.2. The molecule has 0 amide bonds. The predicted octanol–water partition coefficient (Wildman–Crippen LogP) is 6.35. The Balaban J connectivity index is 2.31. The number of nitrogens with one attached hydrogen (secondary N) is 1. The summed E-state index contributed by atoms with van der Waals surface area (Å²) in [7, 11) is 0. The Kier molecular flexibility index (Phi) is 5.14. The second-order valence-electron chi connectivity index (χ2n) is 4.40. The Morgan fingerprint density at radius 2 is 1.70 bits per heavy atom. The molecule has 0 aliphatic rings. The molecule has 0 saturated heterocycles. The second kappa shape index (κ2) is 6.66. The van der Waals surface area contributed by atoms with Crippen molar-refractivity contribution in [2.75, 3.05) is 5.32 Å². The van der Waals surface area contributed by atoms with Crippen molar-refractivity contribution in [3.63, 3.8) is 0 Å². The first kappa shape index (κ1) is 15.4. The lowest BCUT2D eigenvalue weighted by molar-refractivity contribution is 0.624. The third kappa shape index (κ3) is 3.57. The monoisotopic (exact) mass is 331 g/mol. The van der Waals surface area contributed by atoms with Crippen LogP contribution in [-0.2, 0) is 0 Å². The van der Waals surface area contributed by atoms with E-state index in [0.29, 0.717) is 20.8 Å². The Hall–Kier alpha value is -0.960. The molecular weight excluding hydrogens is 320 g/mol. The zero-order valence-corrected chi connectivity index (χ0v) is 13.0. The highest BCUT2D eigenvalue weighted by atomic mass is 35.5. The molecule has 0 aliphatic carbocycles. The summed E-state index contributed by atoms with van der Waals surface area (Å²) in [6.07, 6.45) is 0.743. The maximum atomic E-state index is 13.8. The molecule has 20 heavy (non-hydrogen) atoms. The maximum Gasteiger partial charge on any atom is 0.146 e. The molecule has 0 heterocycles. The molecule has 0 saturated carbocycles. The van der Waals surface area contributed by atoms with E-state index in [9.17, 15) is 4.39 Å². The van der Waals surface area contributed by atoms with Crippen LogP contribution in [-0.4, -0.2) is 0 Å². The highest BCUT2D eigenvalue weighted by Crippen LogP contribution is 2.32. The Labute approximate surface area is 132 Å². The van der Waals surface area contributed by atoms with Crippen molar-refractivity contribution in [2.45, 2.75) is 19.4 Å². The summed E-state index contributed by atoms with van der Waals surface area (Å²) in [6, 6.07) is 9.57. The zero-order chi connectivity index (χ0) is 14.7. The Morgan fingerprint density at radius 1 is 1.05 bits per heavy atom. The molecule has 2 aromatic carbocycles. The van der Waals surface area contributed by atoms with Gasteiger partial charge < -0.3 is 5.32 Å². The van der Waals surface area contributed by atoms with Crippen LogP contribution in [0.5, 0.6) is 0 Å². The van der Waals surface area contributed by atoms with E-state index in [4.69, 9.17) is 34.8 Å². The maximum absolute atomic E-state index is 13.8. The van der Waals surface area contributed by atoms with Crippen molar-refractivity contribution in [3.05, 3.63) is 62.8 Å². The highest BCUT2D eigenvalue weighted by molar-refractivity contribution is 6.35. The average Bonchev–Trinajstić information content (AvgIpc) is 2.40. The molecular formula is C15H13Cl3FN. The summed E-state index contributed by atoms with van der Waals surface area (Å²) >= 11 is 18.0. The van der Waals surface area contributed by atoms with Crippen LogP contribution < -0.4 is 5.32 Å². The van der Waals surface area contributed by atoms with Crippen LogP contribution in [0.2, 0.25) is 15.1 Å². The van der Waals surface area contributed by atoms with Gasteiger partial charge in [-0.2, -0.15) is 0 Å². The molecule has 0 radical (unpaired) electrons. The first-order valence-electron chi connectivity index (χ1n) is 6.17. The SMILES string of the molecule is CCC(Nc1cc(Cl)ccc1F)c1ccc(Cl)cc1Cl. The quantitative estimate of drug-likeness (QED) is 0.688. The van der Waals surface area contributed by atoms with Crippen molar-refractivity contribution in [3.8, 4) is 0 Å². The number of rotatable bonds is 4. The van der Waals surface area contributed by atoms with E-state index in [-0.39, 0.29) is 11.9 Å². The number of hydrogen-bond donors (Lipinski definition) is 1. The minimum atomic E-state index is -0.349. The zero-order valence-electron chi connectivity index (χ0n) is 10.8. The molecule has 1 atom stereocenters. The van der Waals surface area contributed by atoms with Gasteiger partial charge in [-0.15, -0.1) is 0 Å². The smallest absolute Gasteiger partial charge is 0.146 e. The van der Waals surface area contributed by atoms with Crippen molar-refractivity contribution in [1.29, 1.82) is 0 Å². The number of halogens is 4. The van der Waals surface area contributed by atoms with Gasteiger partial charge in [0.1, 0.15) is 5.82 Å². The second-order valence-corrected chi connectivity index (χ2v) is 5.68. The lowest BCUT2D eigenvalue weighted by Crippen LogP contribution is -2.11. The fraction of sp³-hybridized carbons (Fsp3) is 0.200. The molecule has 2 rings (SSSR count). The van der Waals surface area contributed by atoms with Gasteiger partial charge >= 0.3 is 0 Å². The Bertz CT molecular complexity index is 616. The van der Waals surface area contributed by atoms with Crippen LogP contribution in [0.15, 0.2) is 36.4 Å². The topological polar surface area (TPSA) is 12.0 Å². The lowest BCUT2D eigenvalue weighted by Gasteiger charge is -2.20. The molecule has 1 nitrogen and oxygen atoms in total. The minimum Gasteiger partial charge on any atom is -0.376 e. The van der Waals surface area contributed by atoms with Gasteiger partial charge in [0.25, 0.3) is 0 Å². The van der Waals surface area contributed by atoms with E-state index in [1.165, 1.54) is 12.1 Å². The summed E-state index contributed by atoms with van der Waals surface area (Å²) in [6.45, 7) is 1.99. The van der Waals surface area contributed by atoms with Gasteiger partial charge in [0, 0.05) is 15.1 Å². The molecule has 1 N–H and O–H groups in total. The van der Waals surface area contributed by atoms with E-state index < -0.39 is 0 Å². The van der Waals surface area contributed by atoms with Crippen LogP contribution in [0.4, 0.5) is 10.1 Å². The fourth-order valence-corrected chi connectivity index (χ4v) is 2.69. The molecule has 1 unspecified atom stereocenters. The summed E-state index contributed by atoms with van der Waals surface area (Å²) in [4.78, 5) is 0. The third-order valence-corrected chi connectivity index (χ3v) is 3.80. The molecule has 2 aromatic rings. The summed E-state index contributed by atoms with van der Waals surface area (Å²) in [5, 5.41) is 4.73. The van der Waals surface area contributed by atoms with Crippen molar-refractivity contribution in [2.24, 2.45) is 0 Å². The van der Waals surface area contributed by atoms with Crippen LogP contribution in [0.1, 0.15) is 24.9 Å². The standard InChI is InChI=1S/C15H13Cl3FN/c1-2-14(11-5-3-9(16)7-12(11)18)20-15-8-10(17)4-6-13(15)19/h3-8,14,20H,2H2,1H3. The number of hydrogen-bond acceptors (Lipinski definition) is 1. The van der Waals surface area contributed by atoms with E-state index in [1.807, 2.05) is 13.0 Å². The molecule has 0 aromatic heterocycles. The van der Waals surface area contributed by atoms with E-state index >= 15 is 0 Å². The first-order valence-corrected chi connectivity index (χ1v) is 7.31. The van der Waals surface area contributed by atoms with E-state index in [1.54, 1.807) is 18.2 Å². The first-order chi connectivity index (χ1) is 9.51. The average molecular weight is 333 g/mol. The summed E-state index contributed by atoms with van der Waals surface area (Å²) in [5.41, 5.74) is 1.23. The van der Waals surface area contributed by atoms with Crippen molar-refractivity contribution < 1.29 is 4.39 Å². The molecule has 0 spiro atoms. The lowest BCUT2D eigenvalue weighted by atomic mass is 10.0. The van der Waals surface area contributed by atoms with Gasteiger partial charge in [-0.1, -0.05) is 47.8 Å². The Morgan fingerprint density at radius 3 is 2.35 bits per heavy atom. The van der Waals surface area contributed by atoms with Crippen LogP contribution in [0, 0.1) is 5.82 Å². The van der Waals surface area contributed by atoms with Crippen molar-refractivity contribution >= 4 is 40.5 Å². The van der Waals surface area contributed by atoms with Gasteiger partial charge in [-0.3, -0.25) is 0 Å². The molecule has 0 bridgehead atoms. The molecule has 106 valence electrons.